The van der Waals surface area contributed by atoms with Crippen LogP contribution >= 0.6 is 0 Å². The number of ether oxygens (including phenoxy) is 1. The average molecular weight is 251 g/mol. The second-order valence-electron chi connectivity index (χ2n) is 5.10. The SMILES string of the molecule is CCCNC(CC1CC1)c1c(OC)cnn1CC. The summed E-state index contributed by atoms with van der Waals surface area (Å²) >= 11 is 0. The fourth-order valence-corrected chi connectivity index (χ4v) is 2.44. The normalized spacial score (nSPS) is 16.8. The van der Waals surface area contributed by atoms with E-state index in [4.69, 9.17) is 4.74 Å². The van der Waals surface area contributed by atoms with Crippen molar-refractivity contribution < 1.29 is 4.74 Å². The molecule has 0 aromatic carbocycles. The molecule has 1 atom stereocenters. The maximum atomic E-state index is 5.47. The highest BCUT2D eigenvalue weighted by Gasteiger charge is 2.29. The van der Waals surface area contributed by atoms with Crippen molar-refractivity contribution in [3.63, 3.8) is 0 Å². The van der Waals surface area contributed by atoms with Crippen LogP contribution in [0.3, 0.4) is 0 Å². The van der Waals surface area contributed by atoms with E-state index in [0.717, 1.165) is 31.2 Å². The molecule has 1 aliphatic rings. The first-order chi connectivity index (χ1) is 8.80. The fraction of sp³-hybridized carbons (Fsp3) is 0.786. The Labute approximate surface area is 110 Å². The molecule has 1 fully saturated rings. The van der Waals surface area contributed by atoms with Crippen LogP contribution in [0.5, 0.6) is 5.75 Å². The second kappa shape index (κ2) is 6.23. The van der Waals surface area contributed by atoms with Gasteiger partial charge in [0, 0.05) is 6.54 Å². The van der Waals surface area contributed by atoms with E-state index in [1.807, 2.05) is 6.20 Å². The van der Waals surface area contributed by atoms with E-state index < -0.39 is 0 Å². The smallest absolute Gasteiger partial charge is 0.161 e. The summed E-state index contributed by atoms with van der Waals surface area (Å²) in [6.45, 7) is 6.28. The lowest BCUT2D eigenvalue weighted by Gasteiger charge is -2.20. The van der Waals surface area contributed by atoms with Crippen LogP contribution in [0, 0.1) is 5.92 Å². The summed E-state index contributed by atoms with van der Waals surface area (Å²) in [5.41, 5.74) is 1.22. The molecule has 1 unspecified atom stereocenters. The van der Waals surface area contributed by atoms with Crippen LogP contribution in [-0.4, -0.2) is 23.4 Å². The van der Waals surface area contributed by atoms with E-state index in [2.05, 4.69) is 28.9 Å². The first-order valence-electron chi connectivity index (χ1n) is 7.13. The molecule has 1 N–H and O–H groups in total. The van der Waals surface area contributed by atoms with Gasteiger partial charge in [0.25, 0.3) is 0 Å². The molecular formula is C14H25N3O. The zero-order valence-electron chi connectivity index (χ0n) is 11.8. The average Bonchev–Trinajstić information content (AvgIpc) is 3.11. The maximum Gasteiger partial charge on any atom is 0.161 e. The van der Waals surface area contributed by atoms with Crippen molar-refractivity contribution in [3.8, 4) is 5.75 Å². The first kappa shape index (κ1) is 13.4. The minimum atomic E-state index is 0.384. The van der Waals surface area contributed by atoms with Gasteiger partial charge in [0.1, 0.15) is 0 Å². The van der Waals surface area contributed by atoms with Gasteiger partial charge in [-0.15, -0.1) is 0 Å². The largest absolute Gasteiger partial charge is 0.493 e. The molecule has 102 valence electrons. The molecule has 4 nitrogen and oxygen atoms in total. The van der Waals surface area contributed by atoms with Gasteiger partial charge < -0.3 is 10.1 Å². The Kier molecular flexibility index (Phi) is 4.64. The molecule has 0 aliphatic heterocycles. The predicted octanol–water partition coefficient (Wildman–Crippen LogP) is 2.75. The molecule has 1 aromatic rings. The summed E-state index contributed by atoms with van der Waals surface area (Å²) in [7, 11) is 1.73. The topological polar surface area (TPSA) is 39.1 Å². The van der Waals surface area contributed by atoms with Crippen molar-refractivity contribution in [1.29, 1.82) is 0 Å². The third-order valence-corrected chi connectivity index (χ3v) is 3.60. The van der Waals surface area contributed by atoms with Crippen LogP contribution in [0.1, 0.15) is 51.3 Å². The Morgan fingerprint density at radius 2 is 2.28 bits per heavy atom. The molecule has 18 heavy (non-hydrogen) atoms. The standard InChI is InChI=1S/C14H25N3O/c1-4-8-15-12(9-11-6-7-11)14-13(18-3)10-16-17(14)5-2/h10-12,15H,4-9H2,1-3H3. The summed E-state index contributed by atoms with van der Waals surface area (Å²) in [5, 5.41) is 8.07. The van der Waals surface area contributed by atoms with Crippen LogP contribution in [0.4, 0.5) is 0 Å². The first-order valence-corrected chi connectivity index (χ1v) is 7.13. The minimum absolute atomic E-state index is 0.384. The molecular weight excluding hydrogens is 226 g/mol. The number of nitrogens with one attached hydrogen (secondary N) is 1. The summed E-state index contributed by atoms with van der Waals surface area (Å²) < 4.78 is 7.53. The van der Waals surface area contributed by atoms with Gasteiger partial charge in [-0.05, 0) is 32.2 Å². The number of rotatable bonds is 8. The van der Waals surface area contributed by atoms with Crippen LogP contribution in [0.25, 0.3) is 0 Å². The van der Waals surface area contributed by atoms with E-state index in [9.17, 15) is 0 Å². The lowest BCUT2D eigenvalue weighted by Crippen LogP contribution is -2.25. The van der Waals surface area contributed by atoms with E-state index in [-0.39, 0.29) is 0 Å². The number of nitrogens with zero attached hydrogens (tertiary/aromatic N) is 2. The van der Waals surface area contributed by atoms with Crippen LogP contribution in [-0.2, 0) is 6.54 Å². The molecule has 1 aliphatic carbocycles. The van der Waals surface area contributed by atoms with Gasteiger partial charge >= 0.3 is 0 Å². The van der Waals surface area contributed by atoms with Gasteiger partial charge in [0.05, 0.1) is 25.0 Å². The van der Waals surface area contributed by atoms with Crippen molar-refractivity contribution in [1.82, 2.24) is 15.1 Å². The molecule has 2 rings (SSSR count). The zero-order chi connectivity index (χ0) is 13.0. The Morgan fingerprint density at radius 1 is 1.50 bits per heavy atom. The van der Waals surface area contributed by atoms with E-state index in [1.165, 1.54) is 25.0 Å². The number of aryl methyl sites for hydroxylation is 1. The number of hydrogen-bond donors (Lipinski definition) is 1. The third kappa shape index (κ3) is 3.05. The molecule has 4 heteroatoms. The van der Waals surface area contributed by atoms with Crippen molar-refractivity contribution in [2.75, 3.05) is 13.7 Å². The number of aromatic nitrogens is 2. The monoisotopic (exact) mass is 251 g/mol. The van der Waals surface area contributed by atoms with Gasteiger partial charge in [-0.25, -0.2) is 0 Å². The van der Waals surface area contributed by atoms with Gasteiger partial charge in [-0.2, -0.15) is 5.10 Å². The molecule has 0 amide bonds. The van der Waals surface area contributed by atoms with E-state index in [1.54, 1.807) is 7.11 Å². The zero-order valence-corrected chi connectivity index (χ0v) is 11.8. The molecule has 1 heterocycles. The Hall–Kier alpha value is -1.03. The molecule has 0 radical (unpaired) electrons. The molecule has 0 spiro atoms. The summed E-state index contributed by atoms with van der Waals surface area (Å²) in [5.74, 6) is 1.82. The van der Waals surface area contributed by atoms with Crippen LogP contribution in [0.2, 0.25) is 0 Å². The van der Waals surface area contributed by atoms with Crippen molar-refractivity contribution in [2.24, 2.45) is 5.92 Å². The van der Waals surface area contributed by atoms with Gasteiger partial charge in [-0.1, -0.05) is 19.8 Å². The Balaban J connectivity index is 2.17. The molecule has 0 saturated heterocycles. The van der Waals surface area contributed by atoms with Crippen molar-refractivity contribution in [3.05, 3.63) is 11.9 Å². The summed E-state index contributed by atoms with van der Waals surface area (Å²) in [6.07, 6.45) is 6.97. The third-order valence-electron chi connectivity index (χ3n) is 3.60. The molecule has 1 aromatic heterocycles. The van der Waals surface area contributed by atoms with Gasteiger partial charge in [0.2, 0.25) is 0 Å². The molecule has 0 bridgehead atoms. The van der Waals surface area contributed by atoms with Crippen molar-refractivity contribution in [2.45, 2.75) is 52.1 Å². The quantitative estimate of drug-likeness (QED) is 0.772. The van der Waals surface area contributed by atoms with Crippen LogP contribution < -0.4 is 10.1 Å². The fourth-order valence-electron chi connectivity index (χ4n) is 2.44. The maximum absolute atomic E-state index is 5.47. The lowest BCUT2D eigenvalue weighted by molar-refractivity contribution is 0.379. The second-order valence-corrected chi connectivity index (χ2v) is 5.10. The highest BCUT2D eigenvalue weighted by molar-refractivity contribution is 5.28. The summed E-state index contributed by atoms with van der Waals surface area (Å²) in [4.78, 5) is 0. The predicted molar refractivity (Wildman–Crippen MR) is 72.8 cm³/mol. The summed E-state index contributed by atoms with van der Waals surface area (Å²) in [6, 6.07) is 0.384. The molecule has 1 saturated carbocycles. The number of methoxy groups -OCH3 is 1. The minimum Gasteiger partial charge on any atom is -0.493 e. The Bertz CT molecular complexity index is 350. The van der Waals surface area contributed by atoms with E-state index in [0.29, 0.717) is 6.04 Å². The highest BCUT2D eigenvalue weighted by Crippen LogP contribution is 2.39. The lowest BCUT2D eigenvalue weighted by atomic mass is 10.1. The number of hydrogen-bond acceptors (Lipinski definition) is 3. The highest BCUT2D eigenvalue weighted by atomic mass is 16.5. The van der Waals surface area contributed by atoms with Crippen molar-refractivity contribution >= 4 is 0 Å². The Morgan fingerprint density at radius 3 is 2.83 bits per heavy atom. The van der Waals surface area contributed by atoms with E-state index >= 15 is 0 Å². The van der Waals surface area contributed by atoms with Gasteiger partial charge in [0.15, 0.2) is 5.75 Å². The van der Waals surface area contributed by atoms with Crippen LogP contribution in [0.15, 0.2) is 6.20 Å². The van der Waals surface area contributed by atoms with Gasteiger partial charge in [-0.3, -0.25) is 4.68 Å².